The maximum Gasteiger partial charge on any atom is 0.239 e. The molecule has 1 amide bonds. The topological polar surface area (TPSA) is 76.4 Å². The van der Waals surface area contributed by atoms with E-state index in [1.54, 1.807) is 0 Å². The highest BCUT2D eigenvalue weighted by molar-refractivity contribution is 5.81. The van der Waals surface area contributed by atoms with Crippen LogP contribution in [0, 0.1) is 0 Å². The number of hydrogen-bond acceptors (Lipinski definition) is 4. The SMILES string of the molecule is NCCCCNC(=O)C1COCCN1. The van der Waals surface area contributed by atoms with Gasteiger partial charge < -0.3 is 21.1 Å². The summed E-state index contributed by atoms with van der Waals surface area (Å²) in [7, 11) is 0. The van der Waals surface area contributed by atoms with Crippen LogP contribution in [-0.2, 0) is 9.53 Å². The lowest BCUT2D eigenvalue weighted by Crippen LogP contribution is -2.51. The normalized spacial score (nSPS) is 21.9. The Bertz CT molecular complexity index is 169. The zero-order valence-corrected chi connectivity index (χ0v) is 8.42. The summed E-state index contributed by atoms with van der Waals surface area (Å²) >= 11 is 0. The third-order valence-electron chi connectivity index (χ3n) is 2.17. The van der Waals surface area contributed by atoms with Gasteiger partial charge in [-0.2, -0.15) is 0 Å². The number of amides is 1. The van der Waals surface area contributed by atoms with Gasteiger partial charge >= 0.3 is 0 Å². The first-order chi connectivity index (χ1) is 6.84. The number of carbonyl (C=O) groups excluding carboxylic acids is 1. The van der Waals surface area contributed by atoms with E-state index in [1.807, 2.05) is 0 Å². The van der Waals surface area contributed by atoms with E-state index in [-0.39, 0.29) is 11.9 Å². The maximum atomic E-state index is 11.5. The van der Waals surface area contributed by atoms with Crippen LogP contribution in [0.15, 0.2) is 0 Å². The first-order valence-corrected chi connectivity index (χ1v) is 5.13. The van der Waals surface area contributed by atoms with Gasteiger partial charge in [0.25, 0.3) is 0 Å². The highest BCUT2D eigenvalue weighted by atomic mass is 16.5. The molecule has 1 aliphatic heterocycles. The van der Waals surface area contributed by atoms with Gasteiger partial charge in [-0.1, -0.05) is 0 Å². The lowest BCUT2D eigenvalue weighted by Gasteiger charge is -2.22. The third-order valence-corrected chi connectivity index (χ3v) is 2.17. The van der Waals surface area contributed by atoms with Gasteiger partial charge in [-0.15, -0.1) is 0 Å². The number of nitrogens with one attached hydrogen (secondary N) is 2. The van der Waals surface area contributed by atoms with Crippen molar-refractivity contribution in [3.05, 3.63) is 0 Å². The predicted octanol–water partition coefficient (Wildman–Crippen LogP) is -1.17. The van der Waals surface area contributed by atoms with Gasteiger partial charge in [0.05, 0.1) is 13.2 Å². The summed E-state index contributed by atoms with van der Waals surface area (Å²) < 4.78 is 5.19. The summed E-state index contributed by atoms with van der Waals surface area (Å²) in [6.07, 6.45) is 1.89. The average molecular weight is 201 g/mol. The average Bonchev–Trinajstić information content (AvgIpc) is 2.25. The van der Waals surface area contributed by atoms with Crippen molar-refractivity contribution in [3.8, 4) is 0 Å². The molecule has 0 spiro atoms. The molecule has 1 saturated heterocycles. The van der Waals surface area contributed by atoms with E-state index < -0.39 is 0 Å². The molecule has 5 heteroatoms. The second-order valence-electron chi connectivity index (χ2n) is 3.37. The van der Waals surface area contributed by atoms with Crippen LogP contribution in [0.1, 0.15) is 12.8 Å². The van der Waals surface area contributed by atoms with Crippen LogP contribution < -0.4 is 16.4 Å². The monoisotopic (exact) mass is 201 g/mol. The highest BCUT2D eigenvalue weighted by Gasteiger charge is 2.20. The smallest absolute Gasteiger partial charge is 0.239 e. The summed E-state index contributed by atoms with van der Waals surface area (Å²) in [6.45, 7) is 3.30. The fourth-order valence-corrected chi connectivity index (χ4v) is 1.34. The summed E-state index contributed by atoms with van der Waals surface area (Å²) in [6, 6.07) is -0.179. The number of unbranched alkanes of at least 4 members (excludes halogenated alkanes) is 1. The van der Waals surface area contributed by atoms with Gasteiger partial charge in [-0.05, 0) is 19.4 Å². The molecule has 14 heavy (non-hydrogen) atoms. The molecule has 0 aromatic rings. The Kier molecular flexibility index (Phi) is 5.51. The fourth-order valence-electron chi connectivity index (χ4n) is 1.34. The summed E-state index contributed by atoms with van der Waals surface area (Å²) in [5.74, 6) is 0.0294. The van der Waals surface area contributed by atoms with Gasteiger partial charge in [-0.25, -0.2) is 0 Å². The van der Waals surface area contributed by atoms with Crippen LogP contribution in [0.5, 0.6) is 0 Å². The molecule has 4 N–H and O–H groups in total. The minimum Gasteiger partial charge on any atom is -0.378 e. The van der Waals surface area contributed by atoms with Crippen molar-refractivity contribution in [2.75, 3.05) is 32.8 Å². The number of ether oxygens (including phenoxy) is 1. The molecule has 0 aromatic heterocycles. The first-order valence-electron chi connectivity index (χ1n) is 5.13. The third kappa shape index (κ3) is 4.04. The van der Waals surface area contributed by atoms with E-state index in [1.165, 1.54) is 0 Å². The summed E-state index contributed by atoms with van der Waals surface area (Å²) in [4.78, 5) is 11.5. The molecule has 5 nitrogen and oxygen atoms in total. The van der Waals surface area contributed by atoms with Crippen molar-refractivity contribution in [1.29, 1.82) is 0 Å². The maximum absolute atomic E-state index is 11.5. The Balaban J connectivity index is 2.07. The van der Waals surface area contributed by atoms with Gasteiger partial charge in [0, 0.05) is 13.1 Å². The minimum absolute atomic E-state index is 0.0294. The van der Waals surface area contributed by atoms with Gasteiger partial charge in [0.2, 0.25) is 5.91 Å². The second-order valence-corrected chi connectivity index (χ2v) is 3.37. The zero-order chi connectivity index (χ0) is 10.2. The van der Waals surface area contributed by atoms with Gasteiger partial charge in [-0.3, -0.25) is 4.79 Å². The molecular weight excluding hydrogens is 182 g/mol. The van der Waals surface area contributed by atoms with Crippen LogP contribution in [0.2, 0.25) is 0 Å². The molecule has 1 fully saturated rings. The van der Waals surface area contributed by atoms with Crippen molar-refractivity contribution in [2.45, 2.75) is 18.9 Å². The van der Waals surface area contributed by atoms with E-state index in [0.29, 0.717) is 26.3 Å². The number of rotatable bonds is 5. The molecule has 1 aliphatic rings. The molecule has 1 rings (SSSR count). The molecule has 0 aliphatic carbocycles. The number of nitrogens with two attached hydrogens (primary N) is 1. The van der Waals surface area contributed by atoms with E-state index in [0.717, 1.165) is 19.4 Å². The largest absolute Gasteiger partial charge is 0.378 e. The molecule has 0 saturated carbocycles. The lowest BCUT2D eigenvalue weighted by molar-refractivity contribution is -0.125. The Morgan fingerprint density at radius 3 is 3.07 bits per heavy atom. The Morgan fingerprint density at radius 1 is 1.57 bits per heavy atom. The standard InChI is InChI=1S/C9H19N3O2/c10-3-1-2-4-12-9(13)8-7-14-6-5-11-8/h8,11H,1-7,10H2,(H,12,13). The number of morpholine rings is 1. The van der Waals surface area contributed by atoms with Crippen molar-refractivity contribution < 1.29 is 9.53 Å². The van der Waals surface area contributed by atoms with E-state index in [9.17, 15) is 4.79 Å². The van der Waals surface area contributed by atoms with E-state index in [2.05, 4.69) is 10.6 Å². The van der Waals surface area contributed by atoms with Crippen LogP contribution in [0.4, 0.5) is 0 Å². The summed E-state index contributed by atoms with van der Waals surface area (Å²) in [5, 5.41) is 5.95. The Hall–Kier alpha value is -0.650. The Morgan fingerprint density at radius 2 is 2.43 bits per heavy atom. The van der Waals surface area contributed by atoms with Gasteiger partial charge in [0.1, 0.15) is 6.04 Å². The molecule has 1 atom stereocenters. The van der Waals surface area contributed by atoms with Crippen LogP contribution in [0.25, 0.3) is 0 Å². The molecule has 0 aromatic carbocycles. The van der Waals surface area contributed by atoms with Crippen LogP contribution in [-0.4, -0.2) is 44.8 Å². The quantitative estimate of drug-likeness (QED) is 0.490. The molecule has 0 bridgehead atoms. The predicted molar refractivity (Wildman–Crippen MR) is 53.9 cm³/mol. The minimum atomic E-state index is -0.179. The summed E-state index contributed by atoms with van der Waals surface area (Å²) in [5.41, 5.74) is 5.34. The fraction of sp³-hybridized carbons (Fsp3) is 0.889. The van der Waals surface area contributed by atoms with Crippen molar-refractivity contribution in [1.82, 2.24) is 10.6 Å². The number of hydrogen-bond donors (Lipinski definition) is 3. The van der Waals surface area contributed by atoms with E-state index >= 15 is 0 Å². The first kappa shape index (κ1) is 11.4. The second kappa shape index (κ2) is 6.75. The molecule has 82 valence electrons. The number of carbonyl (C=O) groups is 1. The van der Waals surface area contributed by atoms with Crippen molar-refractivity contribution in [3.63, 3.8) is 0 Å². The van der Waals surface area contributed by atoms with E-state index in [4.69, 9.17) is 10.5 Å². The van der Waals surface area contributed by atoms with Crippen LogP contribution >= 0.6 is 0 Å². The zero-order valence-electron chi connectivity index (χ0n) is 8.42. The Labute approximate surface area is 84.4 Å². The highest BCUT2D eigenvalue weighted by Crippen LogP contribution is 1.93. The molecular formula is C9H19N3O2. The van der Waals surface area contributed by atoms with Crippen molar-refractivity contribution in [2.24, 2.45) is 5.73 Å². The lowest BCUT2D eigenvalue weighted by atomic mass is 10.2. The molecule has 1 heterocycles. The van der Waals surface area contributed by atoms with Gasteiger partial charge in [0.15, 0.2) is 0 Å². The van der Waals surface area contributed by atoms with Crippen LogP contribution in [0.3, 0.4) is 0 Å². The van der Waals surface area contributed by atoms with Crippen molar-refractivity contribution >= 4 is 5.91 Å². The molecule has 1 unspecified atom stereocenters. The molecule has 0 radical (unpaired) electrons.